The van der Waals surface area contributed by atoms with Gasteiger partial charge in [0.15, 0.2) is 11.5 Å². The standard InChI is InChI=1S/C20H21FN8/c21-16-5-3-15(4-6-16)12-29-19(24-25-26-29)13-27-10-7-17(8-11-27)28-14-23-18-2-1-9-22-20(18)28/h1-6,9,14,17H,7-8,10-13H2. The van der Waals surface area contributed by atoms with Crippen LogP contribution in [-0.2, 0) is 13.1 Å². The Kier molecular flexibility index (Phi) is 4.73. The number of rotatable bonds is 5. The molecule has 0 atom stereocenters. The summed E-state index contributed by atoms with van der Waals surface area (Å²) in [7, 11) is 0. The fraction of sp³-hybridized carbons (Fsp3) is 0.350. The third-order valence-corrected chi connectivity index (χ3v) is 5.50. The maximum absolute atomic E-state index is 13.1. The summed E-state index contributed by atoms with van der Waals surface area (Å²) in [5, 5.41) is 12.1. The number of halogens is 1. The molecule has 0 N–H and O–H groups in total. The van der Waals surface area contributed by atoms with E-state index in [9.17, 15) is 4.39 Å². The normalized spacial score (nSPS) is 15.9. The number of aromatic nitrogens is 7. The van der Waals surface area contributed by atoms with Crippen LogP contribution >= 0.6 is 0 Å². The Balaban J connectivity index is 1.22. The second-order valence-corrected chi connectivity index (χ2v) is 7.38. The summed E-state index contributed by atoms with van der Waals surface area (Å²) in [5.74, 6) is 0.581. The smallest absolute Gasteiger partial charge is 0.165 e. The molecule has 4 aromatic rings. The Morgan fingerprint density at radius 3 is 2.66 bits per heavy atom. The molecule has 1 aromatic carbocycles. The molecule has 8 nitrogen and oxygen atoms in total. The monoisotopic (exact) mass is 392 g/mol. The van der Waals surface area contributed by atoms with E-state index < -0.39 is 0 Å². The number of likely N-dealkylation sites (tertiary alicyclic amines) is 1. The van der Waals surface area contributed by atoms with Gasteiger partial charge in [-0.05, 0) is 53.1 Å². The van der Waals surface area contributed by atoms with Crippen molar-refractivity contribution in [3.63, 3.8) is 0 Å². The molecule has 9 heteroatoms. The molecule has 1 aliphatic heterocycles. The van der Waals surface area contributed by atoms with Crippen LogP contribution in [0.5, 0.6) is 0 Å². The van der Waals surface area contributed by atoms with Crippen LogP contribution in [0.2, 0.25) is 0 Å². The fourth-order valence-electron chi connectivity index (χ4n) is 3.91. The van der Waals surface area contributed by atoms with Crippen molar-refractivity contribution < 1.29 is 4.39 Å². The fourth-order valence-corrected chi connectivity index (χ4v) is 3.91. The van der Waals surface area contributed by atoms with Crippen molar-refractivity contribution in [1.29, 1.82) is 0 Å². The number of hydrogen-bond acceptors (Lipinski definition) is 6. The first-order valence-electron chi connectivity index (χ1n) is 9.76. The molecule has 0 bridgehead atoms. The first-order valence-corrected chi connectivity index (χ1v) is 9.76. The van der Waals surface area contributed by atoms with E-state index in [4.69, 9.17) is 0 Å². The minimum atomic E-state index is -0.241. The lowest BCUT2D eigenvalue weighted by Crippen LogP contribution is -2.35. The van der Waals surface area contributed by atoms with Crippen LogP contribution in [0.1, 0.15) is 30.3 Å². The van der Waals surface area contributed by atoms with Crippen molar-refractivity contribution in [2.75, 3.05) is 13.1 Å². The Labute approximate surface area is 167 Å². The number of nitrogens with zero attached hydrogens (tertiary/aromatic N) is 8. The van der Waals surface area contributed by atoms with E-state index in [-0.39, 0.29) is 5.82 Å². The topological polar surface area (TPSA) is 77.5 Å². The molecule has 0 amide bonds. The Hall–Kier alpha value is -3.20. The number of piperidine rings is 1. The molecule has 0 unspecified atom stereocenters. The number of hydrogen-bond donors (Lipinski definition) is 0. The maximum atomic E-state index is 13.1. The summed E-state index contributed by atoms with van der Waals surface area (Å²) in [5.41, 5.74) is 2.86. The minimum Gasteiger partial charge on any atom is -0.312 e. The van der Waals surface area contributed by atoms with Crippen molar-refractivity contribution in [1.82, 2.24) is 39.6 Å². The number of pyridine rings is 1. The summed E-state index contributed by atoms with van der Waals surface area (Å²) < 4.78 is 17.1. The van der Waals surface area contributed by atoms with E-state index in [0.717, 1.165) is 48.5 Å². The van der Waals surface area contributed by atoms with E-state index in [0.29, 0.717) is 19.1 Å². The largest absolute Gasteiger partial charge is 0.312 e. The molecule has 148 valence electrons. The van der Waals surface area contributed by atoms with Crippen LogP contribution in [0.4, 0.5) is 4.39 Å². The van der Waals surface area contributed by atoms with E-state index >= 15 is 0 Å². The van der Waals surface area contributed by atoms with Gasteiger partial charge < -0.3 is 4.57 Å². The predicted molar refractivity (Wildman–Crippen MR) is 104 cm³/mol. The molecule has 4 heterocycles. The molecule has 0 spiro atoms. The van der Waals surface area contributed by atoms with Crippen LogP contribution < -0.4 is 0 Å². The van der Waals surface area contributed by atoms with Crippen molar-refractivity contribution in [3.05, 3.63) is 66.1 Å². The van der Waals surface area contributed by atoms with E-state index in [1.807, 2.05) is 24.7 Å². The van der Waals surface area contributed by atoms with Gasteiger partial charge in [0.25, 0.3) is 0 Å². The van der Waals surface area contributed by atoms with Crippen LogP contribution in [0.25, 0.3) is 11.2 Å². The Morgan fingerprint density at radius 1 is 1.00 bits per heavy atom. The molecular weight excluding hydrogens is 371 g/mol. The van der Waals surface area contributed by atoms with Crippen molar-refractivity contribution >= 4 is 11.2 Å². The maximum Gasteiger partial charge on any atom is 0.165 e. The van der Waals surface area contributed by atoms with Gasteiger partial charge in [-0.25, -0.2) is 19.0 Å². The molecule has 1 fully saturated rings. The lowest BCUT2D eigenvalue weighted by Gasteiger charge is -2.32. The van der Waals surface area contributed by atoms with E-state index in [2.05, 4.69) is 35.0 Å². The van der Waals surface area contributed by atoms with Gasteiger partial charge in [0.1, 0.15) is 11.3 Å². The van der Waals surface area contributed by atoms with Crippen molar-refractivity contribution in [2.45, 2.75) is 32.0 Å². The zero-order chi connectivity index (χ0) is 19.6. The van der Waals surface area contributed by atoms with Gasteiger partial charge in [0.2, 0.25) is 0 Å². The molecule has 3 aromatic heterocycles. The summed E-state index contributed by atoms with van der Waals surface area (Å²) in [6.07, 6.45) is 5.78. The van der Waals surface area contributed by atoms with Crippen molar-refractivity contribution in [3.8, 4) is 0 Å². The SMILES string of the molecule is Fc1ccc(Cn2nnnc2CN2CCC(n3cnc4cccnc43)CC2)cc1. The quantitative estimate of drug-likeness (QED) is 0.519. The zero-order valence-electron chi connectivity index (χ0n) is 15.9. The highest BCUT2D eigenvalue weighted by atomic mass is 19.1. The molecule has 5 rings (SSSR count). The summed E-state index contributed by atoms with van der Waals surface area (Å²) in [6, 6.07) is 10.7. The van der Waals surface area contributed by atoms with Gasteiger partial charge in [0, 0.05) is 25.3 Å². The Bertz CT molecular complexity index is 1100. The first-order chi connectivity index (χ1) is 14.3. The number of fused-ring (bicyclic) bond motifs is 1. The lowest BCUT2D eigenvalue weighted by atomic mass is 10.0. The molecule has 0 aliphatic carbocycles. The van der Waals surface area contributed by atoms with Crippen LogP contribution in [-0.4, -0.2) is 52.7 Å². The second kappa shape index (κ2) is 7.67. The summed E-state index contributed by atoms with van der Waals surface area (Å²) >= 11 is 0. The zero-order valence-corrected chi connectivity index (χ0v) is 15.9. The number of imidazole rings is 1. The number of benzene rings is 1. The third-order valence-electron chi connectivity index (χ3n) is 5.50. The molecule has 0 radical (unpaired) electrons. The minimum absolute atomic E-state index is 0.241. The highest BCUT2D eigenvalue weighted by Gasteiger charge is 2.23. The molecular formula is C20H21FN8. The molecule has 0 saturated carbocycles. The average molecular weight is 392 g/mol. The second-order valence-electron chi connectivity index (χ2n) is 7.38. The lowest BCUT2D eigenvalue weighted by molar-refractivity contribution is 0.175. The van der Waals surface area contributed by atoms with Crippen LogP contribution in [0, 0.1) is 5.82 Å². The predicted octanol–water partition coefficient (Wildman–Crippen LogP) is 2.44. The van der Waals surface area contributed by atoms with E-state index in [1.165, 1.54) is 12.1 Å². The molecule has 1 saturated heterocycles. The van der Waals surface area contributed by atoms with Gasteiger partial charge >= 0.3 is 0 Å². The summed E-state index contributed by atoms with van der Waals surface area (Å²) in [4.78, 5) is 11.3. The number of tetrazole rings is 1. The summed E-state index contributed by atoms with van der Waals surface area (Å²) in [6.45, 7) is 3.15. The van der Waals surface area contributed by atoms with Gasteiger partial charge in [-0.15, -0.1) is 5.10 Å². The average Bonchev–Trinajstić information content (AvgIpc) is 3.37. The first kappa shape index (κ1) is 17.9. The highest BCUT2D eigenvalue weighted by Crippen LogP contribution is 2.26. The Morgan fingerprint density at radius 2 is 1.83 bits per heavy atom. The molecule has 1 aliphatic rings. The third kappa shape index (κ3) is 3.73. The van der Waals surface area contributed by atoms with Crippen LogP contribution in [0.3, 0.4) is 0 Å². The molecule has 29 heavy (non-hydrogen) atoms. The van der Waals surface area contributed by atoms with Gasteiger partial charge in [-0.2, -0.15) is 0 Å². The van der Waals surface area contributed by atoms with E-state index in [1.54, 1.807) is 16.8 Å². The van der Waals surface area contributed by atoms with Gasteiger partial charge in [-0.1, -0.05) is 12.1 Å². The van der Waals surface area contributed by atoms with Gasteiger partial charge in [-0.3, -0.25) is 4.90 Å². The van der Waals surface area contributed by atoms with Crippen molar-refractivity contribution in [2.24, 2.45) is 0 Å². The van der Waals surface area contributed by atoms with Gasteiger partial charge in [0.05, 0.1) is 19.4 Å². The highest BCUT2D eigenvalue weighted by molar-refractivity contribution is 5.70. The van der Waals surface area contributed by atoms with Crippen LogP contribution in [0.15, 0.2) is 48.9 Å².